The molecule has 8 heteroatoms. The van der Waals surface area contributed by atoms with Crippen LogP contribution in [0.3, 0.4) is 0 Å². The Morgan fingerprint density at radius 2 is 2.12 bits per heavy atom. The molecular weight excluding hydrogens is 326 g/mol. The van der Waals surface area contributed by atoms with Gasteiger partial charge in [-0.25, -0.2) is 9.97 Å². The van der Waals surface area contributed by atoms with Crippen molar-refractivity contribution in [2.24, 2.45) is 0 Å². The topological polar surface area (TPSA) is 99.8 Å². The van der Waals surface area contributed by atoms with Gasteiger partial charge in [0, 0.05) is 31.0 Å². The van der Waals surface area contributed by atoms with E-state index >= 15 is 0 Å². The van der Waals surface area contributed by atoms with Gasteiger partial charge < -0.3 is 15.6 Å². The van der Waals surface area contributed by atoms with Crippen LogP contribution >= 0.6 is 11.8 Å². The average molecular weight is 347 g/mol. The van der Waals surface area contributed by atoms with Crippen molar-refractivity contribution in [1.29, 1.82) is 0 Å². The zero-order valence-electron chi connectivity index (χ0n) is 13.9. The lowest BCUT2D eigenvalue weighted by molar-refractivity contribution is -0.120. The number of carbonyl (C=O) groups excluding carboxylic acids is 1. The van der Waals surface area contributed by atoms with Crippen LogP contribution in [0.25, 0.3) is 0 Å². The number of aryl methyl sites for hydroxylation is 2. The summed E-state index contributed by atoms with van der Waals surface area (Å²) in [5.74, 6) is 0.677. The predicted molar refractivity (Wildman–Crippen MR) is 95.4 cm³/mol. The number of aromatic nitrogens is 3. The maximum atomic E-state index is 12.1. The number of anilines is 1. The Morgan fingerprint density at radius 1 is 1.33 bits per heavy atom. The van der Waals surface area contributed by atoms with Crippen LogP contribution < -0.4 is 16.2 Å². The molecule has 0 aliphatic heterocycles. The molecule has 7 nitrogen and oxygen atoms in total. The summed E-state index contributed by atoms with van der Waals surface area (Å²) in [6.07, 6.45) is 1.74. The van der Waals surface area contributed by atoms with Crippen molar-refractivity contribution in [1.82, 2.24) is 20.3 Å². The second-order valence-corrected chi connectivity index (χ2v) is 6.72. The number of H-pyrrole nitrogens is 1. The Kier molecular flexibility index (Phi) is 6.36. The zero-order valence-corrected chi connectivity index (χ0v) is 14.7. The van der Waals surface area contributed by atoms with E-state index in [1.807, 2.05) is 19.1 Å². The molecule has 1 atom stereocenters. The first-order valence-corrected chi connectivity index (χ1v) is 8.51. The van der Waals surface area contributed by atoms with Crippen LogP contribution in [0.1, 0.15) is 18.2 Å². The van der Waals surface area contributed by atoms with E-state index in [0.717, 1.165) is 11.4 Å². The van der Waals surface area contributed by atoms with Gasteiger partial charge >= 0.3 is 0 Å². The normalized spacial score (nSPS) is 11.8. The summed E-state index contributed by atoms with van der Waals surface area (Å²) in [6.45, 7) is 6.58. The average Bonchev–Trinajstić information content (AvgIpc) is 2.50. The number of hydrogen-bond acceptors (Lipinski definition) is 6. The smallest absolute Gasteiger partial charge is 0.251 e. The molecule has 0 aliphatic rings. The van der Waals surface area contributed by atoms with Gasteiger partial charge in [0.15, 0.2) is 5.16 Å². The van der Waals surface area contributed by atoms with Crippen molar-refractivity contribution in [2.45, 2.75) is 31.2 Å². The van der Waals surface area contributed by atoms with Crippen molar-refractivity contribution >= 4 is 23.5 Å². The highest BCUT2D eigenvalue weighted by Crippen LogP contribution is 2.18. The van der Waals surface area contributed by atoms with Gasteiger partial charge in [-0.05, 0) is 38.5 Å². The number of aromatic amines is 1. The first-order valence-electron chi connectivity index (χ1n) is 7.63. The highest BCUT2D eigenvalue weighted by atomic mass is 32.2. The molecule has 0 spiro atoms. The molecule has 0 saturated heterocycles. The minimum Gasteiger partial charge on any atom is -0.368 e. The van der Waals surface area contributed by atoms with Crippen molar-refractivity contribution in [2.75, 3.05) is 18.4 Å². The molecule has 24 heavy (non-hydrogen) atoms. The van der Waals surface area contributed by atoms with Gasteiger partial charge in [0.05, 0.1) is 5.25 Å². The van der Waals surface area contributed by atoms with E-state index in [0.29, 0.717) is 23.9 Å². The summed E-state index contributed by atoms with van der Waals surface area (Å²) in [5.41, 5.74) is 1.54. The second kappa shape index (κ2) is 8.49. The molecule has 0 aliphatic carbocycles. The fourth-order valence-electron chi connectivity index (χ4n) is 1.98. The molecule has 128 valence electrons. The Hall–Kier alpha value is -2.35. The van der Waals surface area contributed by atoms with Gasteiger partial charge in [-0.1, -0.05) is 11.8 Å². The summed E-state index contributed by atoms with van der Waals surface area (Å²) < 4.78 is 0. The third-order valence-corrected chi connectivity index (χ3v) is 4.14. The summed E-state index contributed by atoms with van der Waals surface area (Å²) in [7, 11) is 0. The first-order chi connectivity index (χ1) is 11.4. The molecule has 0 radical (unpaired) electrons. The minimum absolute atomic E-state index is 0.108. The second-order valence-electron chi connectivity index (χ2n) is 5.39. The fraction of sp³-hybridized carbons (Fsp3) is 0.375. The number of thioether (sulfide) groups is 1. The maximum absolute atomic E-state index is 12.1. The molecule has 2 aromatic heterocycles. The third-order valence-electron chi connectivity index (χ3n) is 3.15. The largest absolute Gasteiger partial charge is 0.368 e. The Labute approximate surface area is 144 Å². The quantitative estimate of drug-likeness (QED) is 0.399. The molecular formula is C16H21N5O2S. The van der Waals surface area contributed by atoms with E-state index in [4.69, 9.17) is 0 Å². The fourth-order valence-corrected chi connectivity index (χ4v) is 2.86. The van der Waals surface area contributed by atoms with E-state index in [1.54, 1.807) is 20.0 Å². The van der Waals surface area contributed by atoms with E-state index in [9.17, 15) is 9.59 Å². The van der Waals surface area contributed by atoms with Crippen LogP contribution in [0.15, 0.2) is 34.3 Å². The van der Waals surface area contributed by atoms with Crippen LogP contribution in [0.4, 0.5) is 5.82 Å². The Morgan fingerprint density at radius 3 is 2.83 bits per heavy atom. The van der Waals surface area contributed by atoms with E-state index in [1.165, 1.54) is 17.8 Å². The Bertz CT molecular complexity index is 762. The zero-order chi connectivity index (χ0) is 17.5. The number of carbonyl (C=O) groups is 1. The molecule has 0 unspecified atom stereocenters. The van der Waals surface area contributed by atoms with Crippen molar-refractivity contribution in [3.8, 4) is 0 Å². The van der Waals surface area contributed by atoms with Gasteiger partial charge in [-0.2, -0.15) is 0 Å². The standard InChI is InChI=1S/C16H21N5O2S/c1-10-4-5-17-13(8-10)18-6-7-19-15(23)12(3)24-16-20-11(2)9-14(22)21-16/h4-5,8-9,12H,6-7H2,1-3H3,(H,17,18)(H,19,23)(H,20,21,22)/t12-/m1/s1. The van der Waals surface area contributed by atoms with Gasteiger partial charge in [0.2, 0.25) is 5.91 Å². The van der Waals surface area contributed by atoms with Crippen LogP contribution in [0, 0.1) is 13.8 Å². The molecule has 3 N–H and O–H groups in total. The number of nitrogens with one attached hydrogen (secondary N) is 3. The maximum Gasteiger partial charge on any atom is 0.251 e. The highest BCUT2D eigenvalue weighted by molar-refractivity contribution is 8.00. The number of nitrogens with zero attached hydrogens (tertiary/aromatic N) is 2. The van der Waals surface area contributed by atoms with Crippen LogP contribution in [0.2, 0.25) is 0 Å². The minimum atomic E-state index is -0.355. The molecule has 2 rings (SSSR count). The van der Waals surface area contributed by atoms with E-state index < -0.39 is 0 Å². The van der Waals surface area contributed by atoms with Crippen molar-refractivity contribution in [3.63, 3.8) is 0 Å². The lowest BCUT2D eigenvalue weighted by Gasteiger charge is -2.12. The molecule has 0 saturated carbocycles. The first kappa shape index (κ1) is 18.0. The summed E-state index contributed by atoms with van der Waals surface area (Å²) in [6, 6.07) is 5.29. The SMILES string of the molecule is Cc1ccnc(NCCNC(=O)[C@@H](C)Sc2nc(C)cc(=O)[nH]2)c1. The molecule has 1 amide bonds. The van der Waals surface area contributed by atoms with Gasteiger partial charge in [0.1, 0.15) is 5.82 Å². The predicted octanol–water partition coefficient (Wildman–Crippen LogP) is 1.49. The van der Waals surface area contributed by atoms with Gasteiger partial charge in [-0.3, -0.25) is 9.59 Å². The Balaban J connectivity index is 1.76. The summed E-state index contributed by atoms with van der Waals surface area (Å²) in [4.78, 5) is 34.5. The van der Waals surface area contributed by atoms with Crippen molar-refractivity contribution in [3.05, 3.63) is 46.0 Å². The molecule has 2 heterocycles. The van der Waals surface area contributed by atoms with Gasteiger partial charge in [0.25, 0.3) is 5.56 Å². The molecule has 0 fully saturated rings. The molecule has 0 bridgehead atoms. The number of hydrogen-bond donors (Lipinski definition) is 3. The third kappa shape index (κ3) is 5.69. The summed E-state index contributed by atoms with van der Waals surface area (Å²) >= 11 is 1.22. The number of amides is 1. The lowest BCUT2D eigenvalue weighted by Crippen LogP contribution is -2.34. The van der Waals surface area contributed by atoms with E-state index in [2.05, 4.69) is 25.6 Å². The lowest BCUT2D eigenvalue weighted by atomic mass is 10.3. The molecule has 2 aromatic rings. The van der Waals surface area contributed by atoms with Crippen LogP contribution in [-0.4, -0.2) is 39.2 Å². The van der Waals surface area contributed by atoms with E-state index in [-0.39, 0.29) is 16.7 Å². The monoisotopic (exact) mass is 347 g/mol. The van der Waals surface area contributed by atoms with Crippen LogP contribution in [-0.2, 0) is 4.79 Å². The highest BCUT2D eigenvalue weighted by Gasteiger charge is 2.15. The van der Waals surface area contributed by atoms with Gasteiger partial charge in [-0.15, -0.1) is 0 Å². The van der Waals surface area contributed by atoms with Crippen molar-refractivity contribution < 1.29 is 4.79 Å². The van der Waals surface area contributed by atoms with Crippen LogP contribution in [0.5, 0.6) is 0 Å². The number of rotatable bonds is 7. The number of pyridine rings is 1. The summed E-state index contributed by atoms with van der Waals surface area (Å²) in [5, 5.41) is 6.09. The molecule has 0 aromatic carbocycles.